The Morgan fingerprint density at radius 3 is 2.72 bits per heavy atom. The number of amides is 1. The van der Waals surface area contributed by atoms with E-state index in [4.69, 9.17) is 16.3 Å². The van der Waals surface area contributed by atoms with E-state index < -0.39 is 16.1 Å². The minimum absolute atomic E-state index is 0.134. The molecule has 0 aliphatic carbocycles. The third kappa shape index (κ3) is 5.09. The van der Waals surface area contributed by atoms with Crippen molar-refractivity contribution in [1.82, 2.24) is 9.55 Å². The second kappa shape index (κ2) is 10.1. The number of anilines is 1. The van der Waals surface area contributed by atoms with Crippen LogP contribution in [0.3, 0.4) is 0 Å². The van der Waals surface area contributed by atoms with Crippen molar-refractivity contribution in [3.05, 3.63) is 68.0 Å². The molecule has 0 aliphatic rings. The van der Waals surface area contributed by atoms with Crippen molar-refractivity contribution in [2.75, 3.05) is 19.0 Å². The maximum Gasteiger partial charge on any atom is 0.271 e. The summed E-state index contributed by atoms with van der Waals surface area (Å²) < 4.78 is 6.72. The summed E-state index contributed by atoms with van der Waals surface area (Å²) in [7, 11) is 1.54. The number of hydrogen-bond donors (Lipinski definition) is 1. The highest BCUT2D eigenvalue weighted by molar-refractivity contribution is 8.00. The minimum Gasteiger partial charge on any atom is -0.383 e. The van der Waals surface area contributed by atoms with Crippen LogP contribution in [0.2, 0.25) is 5.02 Å². The molecule has 11 heteroatoms. The molecular weight excluding hydrogens is 456 g/mol. The number of fused-ring (bicyclic) bond motifs is 1. The number of hydrogen-bond acceptors (Lipinski definition) is 7. The van der Waals surface area contributed by atoms with Gasteiger partial charge in [-0.3, -0.25) is 24.3 Å². The Balaban J connectivity index is 1.92. The van der Waals surface area contributed by atoms with Gasteiger partial charge in [-0.2, -0.15) is 0 Å². The van der Waals surface area contributed by atoms with Crippen molar-refractivity contribution in [3.8, 4) is 0 Å². The van der Waals surface area contributed by atoms with Crippen molar-refractivity contribution in [1.29, 1.82) is 0 Å². The van der Waals surface area contributed by atoms with E-state index in [2.05, 4.69) is 10.3 Å². The third-order valence-electron chi connectivity index (χ3n) is 4.69. The van der Waals surface area contributed by atoms with Gasteiger partial charge >= 0.3 is 0 Å². The van der Waals surface area contributed by atoms with Gasteiger partial charge in [-0.15, -0.1) is 0 Å². The Bertz CT molecular complexity index is 1230. The van der Waals surface area contributed by atoms with Crippen LogP contribution in [0.15, 0.2) is 52.4 Å². The number of ether oxygens (including phenoxy) is 1. The van der Waals surface area contributed by atoms with Gasteiger partial charge in [-0.05, 0) is 32.0 Å². The number of nitrogens with one attached hydrogen (secondary N) is 1. The van der Waals surface area contributed by atoms with Crippen LogP contribution in [-0.4, -0.2) is 39.3 Å². The third-order valence-corrected chi connectivity index (χ3v) is 6.09. The number of methoxy groups -OCH3 is 1. The predicted octanol–water partition coefficient (Wildman–Crippen LogP) is 4.28. The Morgan fingerprint density at radius 1 is 1.31 bits per heavy atom. The number of thioether (sulfide) groups is 1. The molecule has 0 bridgehead atoms. The van der Waals surface area contributed by atoms with E-state index >= 15 is 0 Å². The Labute approximate surface area is 192 Å². The monoisotopic (exact) mass is 476 g/mol. The number of nitro groups is 1. The van der Waals surface area contributed by atoms with E-state index in [1.165, 1.54) is 22.8 Å². The quantitative estimate of drug-likeness (QED) is 0.223. The molecule has 0 radical (unpaired) electrons. The predicted molar refractivity (Wildman–Crippen MR) is 125 cm³/mol. The lowest BCUT2D eigenvalue weighted by Crippen LogP contribution is -2.30. The molecule has 0 saturated carbocycles. The molecule has 1 N–H and O–H groups in total. The van der Waals surface area contributed by atoms with E-state index in [1.54, 1.807) is 38.3 Å². The van der Waals surface area contributed by atoms with Gasteiger partial charge < -0.3 is 10.1 Å². The van der Waals surface area contributed by atoms with E-state index in [-0.39, 0.29) is 34.6 Å². The van der Waals surface area contributed by atoms with Crippen LogP contribution in [-0.2, 0) is 9.53 Å². The maximum atomic E-state index is 13.1. The number of nitrogens with zero attached hydrogens (tertiary/aromatic N) is 3. The van der Waals surface area contributed by atoms with E-state index in [0.717, 1.165) is 11.8 Å². The van der Waals surface area contributed by atoms with Crippen LogP contribution in [0, 0.1) is 10.1 Å². The molecule has 0 aliphatic heterocycles. The number of nitro benzene ring substituents is 1. The lowest BCUT2D eigenvalue weighted by molar-refractivity contribution is -0.384. The molecule has 2 aromatic carbocycles. The van der Waals surface area contributed by atoms with Crippen LogP contribution >= 0.6 is 23.4 Å². The summed E-state index contributed by atoms with van der Waals surface area (Å²) in [5, 5.41) is 14.0. The average Bonchev–Trinajstić information content (AvgIpc) is 2.75. The Hall–Kier alpha value is -2.95. The fourth-order valence-corrected chi connectivity index (χ4v) is 4.26. The zero-order valence-electron chi connectivity index (χ0n) is 17.6. The van der Waals surface area contributed by atoms with Gasteiger partial charge in [-0.25, -0.2) is 4.98 Å². The first-order chi connectivity index (χ1) is 15.2. The van der Waals surface area contributed by atoms with Gasteiger partial charge in [0.2, 0.25) is 5.91 Å². The summed E-state index contributed by atoms with van der Waals surface area (Å²) in [6.45, 7) is 3.77. The topological polar surface area (TPSA) is 116 Å². The highest BCUT2D eigenvalue weighted by atomic mass is 35.5. The maximum absolute atomic E-state index is 13.1. The smallest absolute Gasteiger partial charge is 0.271 e. The van der Waals surface area contributed by atoms with Gasteiger partial charge in [0.05, 0.1) is 44.4 Å². The molecule has 2 atom stereocenters. The van der Waals surface area contributed by atoms with Gasteiger partial charge in [0, 0.05) is 19.2 Å². The first-order valence-electron chi connectivity index (χ1n) is 9.64. The summed E-state index contributed by atoms with van der Waals surface area (Å²) in [5.74, 6) is -0.439. The number of rotatable bonds is 8. The summed E-state index contributed by atoms with van der Waals surface area (Å²) in [4.78, 5) is 41.0. The highest BCUT2D eigenvalue weighted by Gasteiger charge is 2.23. The van der Waals surface area contributed by atoms with Gasteiger partial charge in [0.1, 0.15) is 0 Å². The summed E-state index contributed by atoms with van der Waals surface area (Å²) >= 11 is 7.19. The number of halogens is 1. The lowest BCUT2D eigenvalue weighted by atomic mass is 10.2. The second-order valence-corrected chi connectivity index (χ2v) is 8.78. The van der Waals surface area contributed by atoms with E-state index in [1.807, 2.05) is 6.92 Å². The van der Waals surface area contributed by atoms with Crippen molar-refractivity contribution in [2.45, 2.75) is 30.3 Å². The van der Waals surface area contributed by atoms with Crippen LogP contribution in [0.4, 0.5) is 11.4 Å². The summed E-state index contributed by atoms with van der Waals surface area (Å²) in [6.07, 6.45) is 0. The van der Waals surface area contributed by atoms with Gasteiger partial charge in [-0.1, -0.05) is 35.5 Å². The molecule has 0 saturated heterocycles. The van der Waals surface area contributed by atoms with Crippen molar-refractivity contribution in [2.24, 2.45) is 0 Å². The molecule has 0 unspecified atom stereocenters. The molecule has 0 spiro atoms. The number of para-hydroxylation sites is 1. The highest BCUT2D eigenvalue weighted by Crippen LogP contribution is 2.29. The van der Waals surface area contributed by atoms with Crippen LogP contribution < -0.4 is 10.9 Å². The SMILES string of the molecule is COC[C@H](C)n1c(S[C@@H](C)C(=O)Nc2cc([N+](=O)[O-])ccc2Cl)nc2ccccc2c1=O. The molecule has 1 aromatic heterocycles. The van der Waals surface area contributed by atoms with Crippen molar-refractivity contribution in [3.63, 3.8) is 0 Å². The Kier molecular flexibility index (Phi) is 7.49. The van der Waals surface area contributed by atoms with Crippen LogP contribution in [0.25, 0.3) is 10.9 Å². The number of benzene rings is 2. The number of non-ortho nitro benzene ring substituents is 1. The average molecular weight is 477 g/mol. The first kappa shape index (κ1) is 23.7. The fraction of sp³-hybridized carbons (Fsp3) is 0.286. The van der Waals surface area contributed by atoms with Crippen LogP contribution in [0.1, 0.15) is 19.9 Å². The number of carbonyl (C=O) groups is 1. The molecule has 3 aromatic rings. The molecular formula is C21H21ClN4O5S. The molecule has 3 rings (SSSR count). The molecule has 1 heterocycles. The largest absolute Gasteiger partial charge is 0.383 e. The van der Waals surface area contributed by atoms with Crippen molar-refractivity contribution < 1.29 is 14.5 Å². The lowest BCUT2D eigenvalue weighted by Gasteiger charge is -2.20. The molecule has 32 heavy (non-hydrogen) atoms. The van der Waals surface area contributed by atoms with Gasteiger partial charge in [0.15, 0.2) is 5.16 Å². The zero-order valence-corrected chi connectivity index (χ0v) is 19.1. The summed E-state index contributed by atoms with van der Waals surface area (Å²) in [5.41, 5.74) is 0.241. The molecule has 168 valence electrons. The van der Waals surface area contributed by atoms with Crippen molar-refractivity contribution >= 4 is 51.5 Å². The van der Waals surface area contributed by atoms with Gasteiger partial charge in [0.25, 0.3) is 11.2 Å². The summed E-state index contributed by atoms with van der Waals surface area (Å²) in [6, 6.07) is 10.5. The Morgan fingerprint density at radius 2 is 2.03 bits per heavy atom. The standard InChI is InChI=1S/C21H21ClN4O5S/c1-12(11-31-3)25-20(28)15-6-4-5-7-17(15)24-21(25)32-13(2)19(27)23-18-10-14(26(29)30)8-9-16(18)22/h4-10,12-13H,11H2,1-3H3,(H,23,27)/t12-,13-/m0/s1. The number of carbonyl (C=O) groups excluding carboxylic acids is 1. The van der Waals surface area contributed by atoms with E-state index in [0.29, 0.717) is 16.1 Å². The molecule has 1 amide bonds. The minimum atomic E-state index is -0.681. The normalized spacial score (nSPS) is 13.0. The molecule has 9 nitrogen and oxygen atoms in total. The first-order valence-corrected chi connectivity index (χ1v) is 10.9. The fourth-order valence-electron chi connectivity index (χ4n) is 3.08. The van der Waals surface area contributed by atoms with E-state index in [9.17, 15) is 19.7 Å². The second-order valence-electron chi connectivity index (χ2n) is 7.06. The number of aromatic nitrogens is 2. The zero-order chi connectivity index (χ0) is 23.4. The molecule has 0 fully saturated rings. The van der Waals surface area contributed by atoms with Crippen LogP contribution in [0.5, 0.6) is 0 Å².